The van der Waals surface area contributed by atoms with Crippen molar-refractivity contribution in [2.75, 3.05) is 13.1 Å². The van der Waals surface area contributed by atoms with Crippen molar-refractivity contribution in [1.29, 1.82) is 0 Å². The van der Waals surface area contributed by atoms with E-state index in [2.05, 4.69) is 0 Å². The maximum absolute atomic E-state index is 13.3. The van der Waals surface area contributed by atoms with E-state index in [1.165, 1.54) is 4.31 Å². The molecule has 0 bridgehead atoms. The standard InChI is InChI=1S/C15H26F2N2O4S/c1-13(12(20)21,11-14(2,16)17)18-24(22,23)19-9-7-15(8-10-19)5-3-4-6-15/h18H,3-11H2,1-2H3,(H,20,21)/t13-/m0/s1. The summed E-state index contributed by atoms with van der Waals surface area (Å²) in [7, 11) is -4.14. The van der Waals surface area contributed by atoms with Crippen molar-refractivity contribution >= 4 is 16.2 Å². The largest absolute Gasteiger partial charge is 0.480 e. The van der Waals surface area contributed by atoms with Crippen molar-refractivity contribution in [3.05, 3.63) is 0 Å². The number of hydrogen-bond donors (Lipinski definition) is 2. The first-order valence-electron chi connectivity index (χ1n) is 8.28. The number of aliphatic carboxylic acids is 1. The number of rotatable bonds is 6. The predicted molar refractivity (Wildman–Crippen MR) is 85.0 cm³/mol. The third kappa shape index (κ3) is 4.43. The number of carboxylic acid groups (broad SMARTS) is 1. The highest BCUT2D eigenvalue weighted by atomic mass is 32.2. The van der Waals surface area contributed by atoms with Crippen LogP contribution in [0.3, 0.4) is 0 Å². The highest BCUT2D eigenvalue weighted by Gasteiger charge is 2.47. The highest BCUT2D eigenvalue weighted by Crippen LogP contribution is 2.46. The highest BCUT2D eigenvalue weighted by molar-refractivity contribution is 7.87. The molecular weight excluding hydrogens is 342 g/mol. The smallest absolute Gasteiger partial charge is 0.324 e. The van der Waals surface area contributed by atoms with Crippen LogP contribution in [0.15, 0.2) is 0 Å². The molecule has 2 rings (SSSR count). The Morgan fingerprint density at radius 2 is 1.67 bits per heavy atom. The van der Waals surface area contributed by atoms with Crippen LogP contribution in [0.25, 0.3) is 0 Å². The molecule has 0 aromatic rings. The summed E-state index contributed by atoms with van der Waals surface area (Å²) >= 11 is 0. The number of hydrogen-bond acceptors (Lipinski definition) is 3. The first kappa shape index (κ1) is 19.5. The van der Waals surface area contributed by atoms with Gasteiger partial charge >= 0.3 is 5.97 Å². The summed E-state index contributed by atoms with van der Waals surface area (Å²) < 4.78 is 54.7. The average Bonchev–Trinajstić information content (AvgIpc) is 2.84. The molecule has 2 fully saturated rings. The third-order valence-electron chi connectivity index (χ3n) is 5.28. The molecular formula is C15H26F2N2O4S. The van der Waals surface area contributed by atoms with Crippen molar-refractivity contribution in [1.82, 2.24) is 9.03 Å². The van der Waals surface area contributed by atoms with Gasteiger partial charge in [-0.25, -0.2) is 8.78 Å². The molecule has 1 atom stereocenters. The zero-order valence-electron chi connectivity index (χ0n) is 14.1. The lowest BCUT2D eigenvalue weighted by molar-refractivity contribution is -0.147. The van der Waals surface area contributed by atoms with Gasteiger partial charge in [0, 0.05) is 19.5 Å². The van der Waals surface area contributed by atoms with E-state index < -0.39 is 34.1 Å². The average molecular weight is 368 g/mol. The van der Waals surface area contributed by atoms with Crippen LogP contribution in [0, 0.1) is 5.41 Å². The second kappa shape index (κ2) is 6.49. The molecule has 1 saturated carbocycles. The molecule has 2 N–H and O–H groups in total. The molecule has 0 amide bonds. The summed E-state index contributed by atoms with van der Waals surface area (Å²) in [6.07, 6.45) is 4.89. The monoisotopic (exact) mass is 368 g/mol. The lowest BCUT2D eigenvalue weighted by atomic mass is 9.78. The van der Waals surface area contributed by atoms with E-state index in [4.69, 9.17) is 0 Å². The number of carboxylic acids is 1. The summed E-state index contributed by atoms with van der Waals surface area (Å²) in [5.74, 6) is -4.91. The Morgan fingerprint density at radius 3 is 2.08 bits per heavy atom. The predicted octanol–water partition coefficient (Wildman–Crippen LogP) is 2.37. The number of halogens is 2. The summed E-state index contributed by atoms with van der Waals surface area (Å²) in [6, 6.07) is 0. The first-order chi connectivity index (χ1) is 10.9. The Bertz CT molecular complexity index is 575. The number of nitrogens with zero attached hydrogens (tertiary/aromatic N) is 1. The molecule has 9 heteroatoms. The van der Waals surface area contributed by atoms with E-state index in [9.17, 15) is 27.1 Å². The van der Waals surface area contributed by atoms with E-state index >= 15 is 0 Å². The van der Waals surface area contributed by atoms with Gasteiger partial charge in [-0.3, -0.25) is 4.79 Å². The van der Waals surface area contributed by atoms with Gasteiger partial charge in [0.15, 0.2) is 0 Å². The molecule has 1 saturated heterocycles. The van der Waals surface area contributed by atoms with Crippen LogP contribution >= 0.6 is 0 Å². The lowest BCUT2D eigenvalue weighted by Gasteiger charge is -2.40. The fourth-order valence-electron chi connectivity index (χ4n) is 3.95. The molecule has 1 aliphatic carbocycles. The molecule has 0 unspecified atom stereocenters. The maximum Gasteiger partial charge on any atom is 0.324 e. The van der Waals surface area contributed by atoms with E-state index in [0.717, 1.165) is 45.4 Å². The lowest BCUT2D eigenvalue weighted by Crippen LogP contribution is -2.59. The van der Waals surface area contributed by atoms with E-state index in [1.807, 2.05) is 4.72 Å². The number of piperidine rings is 1. The quantitative estimate of drug-likeness (QED) is 0.754. The molecule has 1 spiro atoms. The van der Waals surface area contributed by atoms with Crippen LogP contribution in [0.1, 0.15) is 58.8 Å². The molecule has 0 aromatic heterocycles. The first-order valence-corrected chi connectivity index (χ1v) is 9.72. The van der Waals surface area contributed by atoms with Gasteiger partial charge in [0.25, 0.3) is 10.2 Å². The van der Waals surface area contributed by atoms with Gasteiger partial charge in [-0.05, 0) is 44.9 Å². The molecule has 2 aliphatic rings. The number of nitrogens with one attached hydrogen (secondary N) is 1. The summed E-state index contributed by atoms with van der Waals surface area (Å²) in [5.41, 5.74) is -2.04. The zero-order chi connectivity index (χ0) is 18.2. The van der Waals surface area contributed by atoms with E-state index in [1.54, 1.807) is 0 Å². The Morgan fingerprint density at radius 1 is 1.17 bits per heavy atom. The second-order valence-corrected chi connectivity index (χ2v) is 9.27. The van der Waals surface area contributed by atoms with Crippen LogP contribution < -0.4 is 4.72 Å². The van der Waals surface area contributed by atoms with E-state index in [0.29, 0.717) is 20.0 Å². The molecule has 1 heterocycles. The minimum Gasteiger partial charge on any atom is -0.480 e. The van der Waals surface area contributed by atoms with Gasteiger partial charge < -0.3 is 5.11 Å². The Hall–Kier alpha value is -0.800. The normalized spacial score (nSPS) is 24.8. The molecule has 140 valence electrons. The van der Waals surface area contributed by atoms with Crippen LogP contribution in [-0.4, -0.2) is 48.3 Å². The molecule has 1 aliphatic heterocycles. The van der Waals surface area contributed by atoms with Crippen molar-refractivity contribution < 1.29 is 27.1 Å². The van der Waals surface area contributed by atoms with Crippen molar-refractivity contribution in [3.63, 3.8) is 0 Å². The number of alkyl halides is 2. The van der Waals surface area contributed by atoms with Gasteiger partial charge in [0.2, 0.25) is 5.92 Å². The summed E-state index contributed by atoms with van der Waals surface area (Å²) in [4.78, 5) is 11.4. The fourth-order valence-corrected chi connectivity index (χ4v) is 5.47. The van der Waals surface area contributed by atoms with Crippen molar-refractivity contribution in [2.24, 2.45) is 5.41 Å². The Kier molecular flexibility index (Phi) is 5.28. The van der Waals surface area contributed by atoms with Crippen LogP contribution in [-0.2, 0) is 15.0 Å². The SMILES string of the molecule is CC(F)(F)C[C@](C)(NS(=O)(=O)N1CCC2(CCCC2)CC1)C(=O)O. The fraction of sp³-hybridized carbons (Fsp3) is 0.933. The number of carbonyl (C=O) groups is 1. The topological polar surface area (TPSA) is 86.7 Å². The van der Waals surface area contributed by atoms with Gasteiger partial charge in [0.05, 0.1) is 0 Å². The Labute approximate surface area is 141 Å². The van der Waals surface area contributed by atoms with Crippen LogP contribution in [0.4, 0.5) is 8.78 Å². The molecule has 0 aromatic carbocycles. The third-order valence-corrected chi connectivity index (χ3v) is 7.03. The molecule has 6 nitrogen and oxygen atoms in total. The van der Waals surface area contributed by atoms with Crippen LogP contribution in [0.5, 0.6) is 0 Å². The minimum atomic E-state index is -4.14. The van der Waals surface area contributed by atoms with Crippen LogP contribution in [0.2, 0.25) is 0 Å². The molecule has 24 heavy (non-hydrogen) atoms. The van der Waals surface area contributed by atoms with Gasteiger partial charge in [0.1, 0.15) is 5.54 Å². The van der Waals surface area contributed by atoms with E-state index in [-0.39, 0.29) is 5.41 Å². The van der Waals surface area contributed by atoms with Gasteiger partial charge in [-0.15, -0.1) is 0 Å². The van der Waals surface area contributed by atoms with Gasteiger partial charge in [-0.2, -0.15) is 17.4 Å². The molecule has 0 radical (unpaired) electrons. The second-order valence-electron chi connectivity index (χ2n) is 7.60. The summed E-state index contributed by atoms with van der Waals surface area (Å²) in [5, 5.41) is 9.25. The summed E-state index contributed by atoms with van der Waals surface area (Å²) in [6.45, 7) is 2.15. The maximum atomic E-state index is 13.3. The Balaban J connectivity index is 2.08. The van der Waals surface area contributed by atoms with Crippen molar-refractivity contribution in [2.45, 2.75) is 70.3 Å². The zero-order valence-corrected chi connectivity index (χ0v) is 15.0. The van der Waals surface area contributed by atoms with Crippen molar-refractivity contribution in [3.8, 4) is 0 Å². The minimum absolute atomic E-state index is 0.207. The van der Waals surface area contributed by atoms with Gasteiger partial charge in [-0.1, -0.05) is 12.8 Å².